The summed E-state index contributed by atoms with van der Waals surface area (Å²) in [7, 11) is 0. The van der Waals surface area contributed by atoms with Crippen molar-refractivity contribution in [2.75, 3.05) is 6.54 Å². The first kappa shape index (κ1) is 16.7. The Labute approximate surface area is 146 Å². The molecule has 2 saturated heterocycles. The van der Waals surface area contributed by atoms with Crippen LogP contribution in [0.25, 0.3) is 10.9 Å². The van der Waals surface area contributed by atoms with Crippen LogP contribution in [0.2, 0.25) is 0 Å². The van der Waals surface area contributed by atoms with Crippen LogP contribution in [0, 0.1) is 0 Å². The molecule has 2 aliphatic rings. The lowest BCUT2D eigenvalue weighted by molar-refractivity contribution is -0.133. The lowest BCUT2D eigenvalue weighted by Gasteiger charge is -2.57. The SMILES string of the molecule is CC1(C)[C@@H](n2cnc3ccccc3c2=O)[C@@H](O)C[C@@H]2[C@@H](O)CCCN21. The van der Waals surface area contributed by atoms with Gasteiger partial charge in [0.2, 0.25) is 0 Å². The zero-order valence-electron chi connectivity index (χ0n) is 14.7. The molecular weight excluding hydrogens is 318 g/mol. The highest BCUT2D eigenvalue weighted by molar-refractivity contribution is 5.76. The maximum Gasteiger partial charge on any atom is 0.261 e. The van der Waals surface area contributed by atoms with Gasteiger partial charge in [-0.1, -0.05) is 12.1 Å². The predicted molar refractivity (Wildman–Crippen MR) is 95.5 cm³/mol. The molecule has 0 unspecified atom stereocenters. The Kier molecular flexibility index (Phi) is 3.94. The van der Waals surface area contributed by atoms with E-state index < -0.39 is 23.8 Å². The van der Waals surface area contributed by atoms with E-state index in [0.29, 0.717) is 17.3 Å². The fraction of sp³-hybridized carbons (Fsp3) is 0.579. The standard InChI is InChI=1S/C19H25N3O3/c1-19(2)17(16(24)10-14-15(23)8-5-9-22(14)19)21-11-20-13-7-4-3-6-12(13)18(21)25/h3-4,6-7,11,14-17,23-24H,5,8-10H2,1-2H3/t14-,15+,16+,17+/m1/s1. The first-order chi connectivity index (χ1) is 11.9. The number of nitrogens with zero attached hydrogens (tertiary/aromatic N) is 3. The first-order valence-electron chi connectivity index (χ1n) is 9.00. The number of rotatable bonds is 1. The molecule has 2 aromatic rings. The molecule has 0 bridgehead atoms. The minimum Gasteiger partial charge on any atom is -0.391 e. The maximum atomic E-state index is 13.0. The number of aliphatic hydroxyl groups is 2. The second-order valence-electron chi connectivity index (χ2n) is 7.85. The number of benzene rings is 1. The quantitative estimate of drug-likeness (QED) is 0.816. The van der Waals surface area contributed by atoms with E-state index >= 15 is 0 Å². The highest BCUT2D eigenvalue weighted by Gasteiger charge is 2.51. The van der Waals surface area contributed by atoms with Gasteiger partial charge in [-0.05, 0) is 51.8 Å². The third-order valence-corrected chi connectivity index (χ3v) is 6.04. The third-order valence-electron chi connectivity index (χ3n) is 6.04. The Morgan fingerprint density at radius 2 is 1.96 bits per heavy atom. The number of fused-ring (bicyclic) bond motifs is 2. The molecule has 0 spiro atoms. The Bertz CT molecular complexity index is 847. The summed E-state index contributed by atoms with van der Waals surface area (Å²) in [6, 6.07) is 6.82. The van der Waals surface area contributed by atoms with Crippen molar-refractivity contribution < 1.29 is 10.2 Å². The van der Waals surface area contributed by atoms with E-state index in [0.717, 1.165) is 19.4 Å². The van der Waals surface area contributed by atoms with Gasteiger partial charge >= 0.3 is 0 Å². The molecule has 6 nitrogen and oxygen atoms in total. The molecule has 0 aliphatic carbocycles. The van der Waals surface area contributed by atoms with Gasteiger partial charge in [0.05, 0.1) is 35.5 Å². The van der Waals surface area contributed by atoms with Gasteiger partial charge < -0.3 is 10.2 Å². The normalized spacial score (nSPS) is 32.5. The Morgan fingerprint density at radius 1 is 1.20 bits per heavy atom. The van der Waals surface area contributed by atoms with Crippen LogP contribution in [0.1, 0.15) is 39.2 Å². The third kappa shape index (κ3) is 2.51. The molecule has 0 radical (unpaired) electrons. The van der Waals surface area contributed by atoms with Crippen LogP contribution in [0.4, 0.5) is 0 Å². The first-order valence-corrected chi connectivity index (χ1v) is 9.00. The minimum absolute atomic E-state index is 0.0564. The van der Waals surface area contributed by atoms with Crippen LogP contribution in [0.5, 0.6) is 0 Å². The van der Waals surface area contributed by atoms with Gasteiger partial charge in [-0.3, -0.25) is 14.3 Å². The van der Waals surface area contributed by atoms with Gasteiger partial charge in [0.15, 0.2) is 0 Å². The monoisotopic (exact) mass is 343 g/mol. The summed E-state index contributed by atoms with van der Waals surface area (Å²) in [6.45, 7) is 4.97. The molecular formula is C19H25N3O3. The zero-order chi connectivity index (χ0) is 17.8. The van der Waals surface area contributed by atoms with Gasteiger partial charge in [0.1, 0.15) is 0 Å². The van der Waals surface area contributed by atoms with Crippen molar-refractivity contribution in [3.63, 3.8) is 0 Å². The number of aromatic nitrogens is 2. The number of aliphatic hydroxyl groups excluding tert-OH is 2. The second kappa shape index (κ2) is 5.90. The van der Waals surface area contributed by atoms with E-state index in [1.807, 2.05) is 32.0 Å². The van der Waals surface area contributed by atoms with Crippen LogP contribution in [-0.2, 0) is 0 Å². The van der Waals surface area contributed by atoms with Crippen molar-refractivity contribution in [2.24, 2.45) is 0 Å². The van der Waals surface area contributed by atoms with Gasteiger partial charge in [-0.15, -0.1) is 0 Å². The highest BCUT2D eigenvalue weighted by atomic mass is 16.3. The summed E-state index contributed by atoms with van der Waals surface area (Å²) in [5.41, 5.74) is 0.0781. The fourth-order valence-corrected chi connectivity index (χ4v) is 4.86. The molecule has 2 fully saturated rings. The maximum absolute atomic E-state index is 13.0. The summed E-state index contributed by atoms with van der Waals surface area (Å²) < 4.78 is 1.59. The summed E-state index contributed by atoms with van der Waals surface area (Å²) in [5, 5.41) is 21.8. The van der Waals surface area contributed by atoms with Crippen molar-refractivity contribution in [2.45, 2.75) is 62.9 Å². The molecule has 4 atom stereocenters. The van der Waals surface area contributed by atoms with Gasteiger partial charge in [-0.25, -0.2) is 4.98 Å². The van der Waals surface area contributed by atoms with Crippen molar-refractivity contribution in [1.82, 2.24) is 14.5 Å². The lowest BCUT2D eigenvalue weighted by Crippen LogP contribution is -2.67. The van der Waals surface area contributed by atoms with E-state index in [1.165, 1.54) is 0 Å². The Morgan fingerprint density at radius 3 is 2.76 bits per heavy atom. The van der Waals surface area contributed by atoms with Crippen LogP contribution in [0.15, 0.2) is 35.4 Å². The fourth-order valence-electron chi connectivity index (χ4n) is 4.86. The zero-order valence-corrected chi connectivity index (χ0v) is 14.7. The van der Waals surface area contributed by atoms with E-state index in [2.05, 4.69) is 9.88 Å². The van der Waals surface area contributed by atoms with Gasteiger partial charge in [0, 0.05) is 11.6 Å². The number of hydrogen-bond donors (Lipinski definition) is 2. The molecule has 25 heavy (non-hydrogen) atoms. The van der Waals surface area contributed by atoms with Crippen molar-refractivity contribution >= 4 is 10.9 Å². The number of hydrogen-bond acceptors (Lipinski definition) is 5. The van der Waals surface area contributed by atoms with Gasteiger partial charge in [-0.2, -0.15) is 0 Å². The van der Waals surface area contributed by atoms with E-state index in [1.54, 1.807) is 17.0 Å². The molecule has 2 aliphatic heterocycles. The Balaban J connectivity index is 1.82. The lowest BCUT2D eigenvalue weighted by atomic mass is 9.75. The molecule has 1 aromatic carbocycles. The molecule has 0 amide bonds. The highest BCUT2D eigenvalue weighted by Crippen LogP contribution is 2.42. The van der Waals surface area contributed by atoms with Crippen LogP contribution in [0.3, 0.4) is 0 Å². The smallest absolute Gasteiger partial charge is 0.261 e. The Hall–Kier alpha value is -1.76. The molecule has 6 heteroatoms. The largest absolute Gasteiger partial charge is 0.391 e. The van der Waals surface area contributed by atoms with Crippen LogP contribution >= 0.6 is 0 Å². The second-order valence-corrected chi connectivity index (χ2v) is 7.85. The van der Waals surface area contributed by atoms with Crippen molar-refractivity contribution in [3.8, 4) is 0 Å². The average Bonchev–Trinajstić information content (AvgIpc) is 2.58. The topological polar surface area (TPSA) is 78.6 Å². The summed E-state index contributed by atoms with van der Waals surface area (Å²) in [5.74, 6) is 0. The van der Waals surface area contributed by atoms with Crippen molar-refractivity contribution in [1.29, 1.82) is 0 Å². The number of piperidine rings is 2. The van der Waals surface area contributed by atoms with Crippen molar-refractivity contribution in [3.05, 3.63) is 40.9 Å². The minimum atomic E-state index is -0.704. The van der Waals surface area contributed by atoms with Gasteiger partial charge in [0.25, 0.3) is 5.56 Å². The summed E-state index contributed by atoms with van der Waals surface area (Å²) in [6.07, 6.45) is 2.59. The summed E-state index contributed by atoms with van der Waals surface area (Å²) in [4.78, 5) is 19.7. The van der Waals surface area contributed by atoms with Crippen LogP contribution < -0.4 is 5.56 Å². The molecule has 2 N–H and O–H groups in total. The molecule has 0 saturated carbocycles. The number of para-hydroxylation sites is 1. The van der Waals surface area contributed by atoms with E-state index in [4.69, 9.17) is 0 Å². The molecule has 4 rings (SSSR count). The van der Waals surface area contributed by atoms with E-state index in [-0.39, 0.29) is 11.6 Å². The molecule has 1 aromatic heterocycles. The summed E-state index contributed by atoms with van der Waals surface area (Å²) >= 11 is 0. The average molecular weight is 343 g/mol. The molecule has 134 valence electrons. The molecule has 3 heterocycles. The van der Waals surface area contributed by atoms with E-state index in [9.17, 15) is 15.0 Å². The predicted octanol–water partition coefficient (Wildman–Crippen LogP) is 1.31. The van der Waals surface area contributed by atoms with Crippen LogP contribution in [-0.4, -0.2) is 55.0 Å².